The summed E-state index contributed by atoms with van der Waals surface area (Å²) in [4.78, 5) is 13.2. The van der Waals surface area contributed by atoms with Crippen molar-refractivity contribution in [1.29, 1.82) is 0 Å². The minimum absolute atomic E-state index is 0.0225. The summed E-state index contributed by atoms with van der Waals surface area (Å²) < 4.78 is 56.9. The molecule has 0 aliphatic rings. The number of anilines is 3. The van der Waals surface area contributed by atoms with Gasteiger partial charge in [0.15, 0.2) is 0 Å². The van der Waals surface area contributed by atoms with Crippen molar-refractivity contribution in [3.63, 3.8) is 0 Å². The van der Waals surface area contributed by atoms with Crippen molar-refractivity contribution < 1.29 is 21.6 Å². The van der Waals surface area contributed by atoms with Gasteiger partial charge in [0.1, 0.15) is 6.54 Å². The van der Waals surface area contributed by atoms with E-state index in [2.05, 4.69) is 10.0 Å². The Morgan fingerprint density at radius 3 is 1.80 bits per heavy atom. The van der Waals surface area contributed by atoms with Crippen LogP contribution in [0.5, 0.6) is 0 Å². The summed E-state index contributed by atoms with van der Waals surface area (Å²) >= 11 is 0. The predicted octanol–water partition coefficient (Wildman–Crippen LogP) is 5.86. The first-order valence-electron chi connectivity index (χ1n) is 12.9. The van der Waals surface area contributed by atoms with E-state index in [9.17, 15) is 21.6 Å². The number of hydrogen-bond donors (Lipinski definition) is 2. The fourth-order valence-corrected chi connectivity index (χ4v) is 6.96. The third-order valence-electron chi connectivity index (χ3n) is 6.47. The Hall–Kier alpha value is -4.15. The lowest BCUT2D eigenvalue weighted by Gasteiger charge is -2.25. The molecule has 4 rings (SSSR count). The van der Waals surface area contributed by atoms with Crippen molar-refractivity contribution in [2.24, 2.45) is 0 Å². The first-order chi connectivity index (χ1) is 19.2. The van der Waals surface area contributed by atoms with Gasteiger partial charge in [0.05, 0.1) is 21.2 Å². The summed E-state index contributed by atoms with van der Waals surface area (Å²) in [5.74, 6) is -0.580. The summed E-state index contributed by atoms with van der Waals surface area (Å²) in [5, 5.41) is 2.69. The van der Waals surface area contributed by atoms with Gasteiger partial charge in [-0.2, -0.15) is 0 Å². The second-order valence-electron chi connectivity index (χ2n) is 10.2. The van der Waals surface area contributed by atoms with Crippen LogP contribution in [-0.2, 0) is 24.8 Å². The standard InChI is InChI=1S/C31H33N3O5S2/c1-21-6-11-29(12-7-21)41(38,39)34(27-18-23(3)16-24(4)19-27)20-31(35)32-26-9-13-28(14-10-26)40(36,37)33-30-15-8-22(2)17-25(30)5/h6-19,33H,20H2,1-5H3,(H,32,35). The van der Waals surface area contributed by atoms with Crippen LogP contribution in [0.1, 0.15) is 27.8 Å². The molecule has 41 heavy (non-hydrogen) atoms. The van der Waals surface area contributed by atoms with E-state index in [1.54, 1.807) is 30.3 Å². The van der Waals surface area contributed by atoms with E-state index in [4.69, 9.17) is 0 Å². The third-order valence-corrected chi connectivity index (χ3v) is 9.63. The molecule has 10 heteroatoms. The molecular formula is C31H33N3O5S2. The zero-order valence-electron chi connectivity index (χ0n) is 23.6. The zero-order valence-corrected chi connectivity index (χ0v) is 25.2. The summed E-state index contributed by atoms with van der Waals surface area (Å²) in [6.45, 7) is 8.85. The quantitative estimate of drug-likeness (QED) is 0.253. The first-order valence-corrected chi connectivity index (χ1v) is 15.8. The molecule has 0 aliphatic carbocycles. The first kappa shape index (κ1) is 29.8. The Bertz CT molecular complexity index is 1780. The van der Waals surface area contributed by atoms with Gasteiger partial charge in [0, 0.05) is 5.69 Å². The van der Waals surface area contributed by atoms with E-state index in [1.807, 2.05) is 52.8 Å². The van der Waals surface area contributed by atoms with Gasteiger partial charge < -0.3 is 5.32 Å². The van der Waals surface area contributed by atoms with Gasteiger partial charge in [-0.1, -0.05) is 41.5 Å². The van der Waals surface area contributed by atoms with Crippen molar-refractivity contribution in [1.82, 2.24) is 0 Å². The molecule has 0 fully saturated rings. The molecular weight excluding hydrogens is 558 g/mol. The second-order valence-corrected chi connectivity index (χ2v) is 13.7. The molecule has 2 N–H and O–H groups in total. The Morgan fingerprint density at radius 1 is 0.659 bits per heavy atom. The van der Waals surface area contributed by atoms with Crippen molar-refractivity contribution in [3.05, 3.63) is 113 Å². The third kappa shape index (κ3) is 7.14. The van der Waals surface area contributed by atoms with E-state index in [-0.39, 0.29) is 9.79 Å². The number of amides is 1. The van der Waals surface area contributed by atoms with Crippen LogP contribution in [0.2, 0.25) is 0 Å². The minimum Gasteiger partial charge on any atom is -0.325 e. The van der Waals surface area contributed by atoms with Gasteiger partial charge in [-0.3, -0.25) is 13.8 Å². The van der Waals surface area contributed by atoms with E-state index < -0.39 is 32.5 Å². The molecule has 0 unspecified atom stereocenters. The van der Waals surface area contributed by atoms with Gasteiger partial charge >= 0.3 is 0 Å². The lowest BCUT2D eigenvalue weighted by Crippen LogP contribution is -2.38. The molecule has 0 saturated carbocycles. The van der Waals surface area contributed by atoms with Crippen LogP contribution in [0.3, 0.4) is 0 Å². The molecule has 0 bridgehead atoms. The molecule has 1 amide bonds. The largest absolute Gasteiger partial charge is 0.325 e. The molecule has 8 nitrogen and oxygen atoms in total. The minimum atomic E-state index is -4.07. The fourth-order valence-electron chi connectivity index (χ4n) is 4.43. The topological polar surface area (TPSA) is 113 Å². The number of nitrogens with zero attached hydrogens (tertiary/aromatic N) is 1. The summed E-state index contributed by atoms with van der Waals surface area (Å²) in [7, 11) is -7.93. The average molecular weight is 592 g/mol. The molecule has 0 saturated heterocycles. The van der Waals surface area contributed by atoms with Crippen LogP contribution < -0.4 is 14.3 Å². The van der Waals surface area contributed by atoms with Crippen molar-refractivity contribution in [2.75, 3.05) is 20.9 Å². The van der Waals surface area contributed by atoms with Gasteiger partial charge in [-0.05, 0) is 106 Å². The van der Waals surface area contributed by atoms with E-state index in [0.29, 0.717) is 17.1 Å². The summed E-state index contributed by atoms with van der Waals surface area (Å²) in [6, 6.07) is 22.9. The number of carbonyl (C=O) groups excluding carboxylic acids is 1. The van der Waals surface area contributed by atoms with Crippen LogP contribution in [0.25, 0.3) is 0 Å². The SMILES string of the molecule is Cc1ccc(S(=O)(=O)N(CC(=O)Nc2ccc(S(=O)(=O)Nc3ccc(C)cc3C)cc2)c2cc(C)cc(C)c2)cc1. The lowest BCUT2D eigenvalue weighted by molar-refractivity contribution is -0.114. The zero-order chi connectivity index (χ0) is 29.9. The summed E-state index contributed by atoms with van der Waals surface area (Å²) in [6.07, 6.45) is 0. The number of aryl methyl sites for hydroxylation is 5. The molecule has 4 aromatic carbocycles. The second kappa shape index (κ2) is 11.8. The summed E-state index contributed by atoms with van der Waals surface area (Å²) in [5.41, 5.74) is 5.63. The maximum absolute atomic E-state index is 13.7. The lowest BCUT2D eigenvalue weighted by atomic mass is 10.1. The Labute approximate surface area is 242 Å². The van der Waals surface area contributed by atoms with Crippen molar-refractivity contribution in [2.45, 2.75) is 44.4 Å². The maximum atomic E-state index is 13.7. The van der Waals surface area contributed by atoms with Gasteiger partial charge in [0.25, 0.3) is 20.0 Å². The molecule has 0 spiro atoms. The molecule has 0 atom stereocenters. The number of nitrogens with one attached hydrogen (secondary N) is 2. The smallest absolute Gasteiger partial charge is 0.264 e. The van der Waals surface area contributed by atoms with E-state index >= 15 is 0 Å². The average Bonchev–Trinajstić information content (AvgIpc) is 2.89. The van der Waals surface area contributed by atoms with Crippen LogP contribution in [0, 0.1) is 34.6 Å². The number of carbonyl (C=O) groups is 1. The molecule has 4 aromatic rings. The number of hydrogen-bond acceptors (Lipinski definition) is 5. The highest BCUT2D eigenvalue weighted by atomic mass is 32.2. The fraction of sp³-hybridized carbons (Fsp3) is 0.194. The Morgan fingerprint density at radius 2 is 1.22 bits per heavy atom. The van der Waals surface area contributed by atoms with Crippen molar-refractivity contribution in [3.8, 4) is 0 Å². The van der Waals surface area contributed by atoms with Gasteiger partial charge in [-0.15, -0.1) is 0 Å². The van der Waals surface area contributed by atoms with Gasteiger partial charge in [-0.25, -0.2) is 16.8 Å². The van der Waals surface area contributed by atoms with Crippen molar-refractivity contribution >= 4 is 43.0 Å². The number of benzene rings is 4. The van der Waals surface area contributed by atoms with E-state index in [0.717, 1.165) is 32.1 Å². The molecule has 0 aromatic heterocycles. The predicted molar refractivity (Wildman–Crippen MR) is 163 cm³/mol. The highest BCUT2D eigenvalue weighted by molar-refractivity contribution is 7.93. The van der Waals surface area contributed by atoms with Crippen LogP contribution >= 0.6 is 0 Å². The number of sulfonamides is 2. The van der Waals surface area contributed by atoms with Crippen LogP contribution in [0.4, 0.5) is 17.1 Å². The molecule has 214 valence electrons. The van der Waals surface area contributed by atoms with Crippen LogP contribution in [0.15, 0.2) is 94.7 Å². The Kier molecular flexibility index (Phi) is 8.55. The maximum Gasteiger partial charge on any atom is 0.264 e. The molecule has 0 heterocycles. The Balaban J connectivity index is 1.55. The van der Waals surface area contributed by atoms with E-state index in [1.165, 1.54) is 36.4 Å². The van der Waals surface area contributed by atoms with Gasteiger partial charge in [0.2, 0.25) is 5.91 Å². The highest BCUT2D eigenvalue weighted by Crippen LogP contribution is 2.27. The normalized spacial score (nSPS) is 11.6. The number of rotatable bonds is 9. The monoisotopic (exact) mass is 591 g/mol. The molecule has 0 aliphatic heterocycles. The van der Waals surface area contributed by atoms with Crippen LogP contribution in [-0.4, -0.2) is 29.3 Å². The molecule has 0 radical (unpaired) electrons. The highest BCUT2D eigenvalue weighted by Gasteiger charge is 2.28.